The quantitative estimate of drug-likeness (QED) is 0.271. The predicted molar refractivity (Wildman–Crippen MR) is 127 cm³/mol. The summed E-state index contributed by atoms with van der Waals surface area (Å²) < 4.78 is 42.6. The number of halogens is 4. The Labute approximate surface area is 201 Å². The number of nitrogens with one attached hydrogen (secondary N) is 1. The van der Waals surface area contributed by atoms with E-state index in [4.69, 9.17) is 0 Å². The van der Waals surface area contributed by atoms with Crippen LogP contribution in [0.5, 0.6) is 0 Å². The Balaban J connectivity index is 1.67. The van der Waals surface area contributed by atoms with Crippen molar-refractivity contribution in [2.45, 2.75) is 11.3 Å². The highest BCUT2D eigenvalue weighted by Crippen LogP contribution is 2.34. The van der Waals surface area contributed by atoms with Crippen molar-refractivity contribution in [1.29, 1.82) is 0 Å². The third-order valence-corrected chi connectivity index (χ3v) is 6.17. The van der Waals surface area contributed by atoms with Crippen LogP contribution in [0.15, 0.2) is 94.7 Å². The fourth-order valence-corrected chi connectivity index (χ4v) is 4.24. The van der Waals surface area contributed by atoms with Gasteiger partial charge in [0.2, 0.25) is 5.91 Å². The highest BCUT2D eigenvalue weighted by atomic mass is 79.9. The molecule has 168 valence electrons. The van der Waals surface area contributed by atoms with Crippen LogP contribution < -0.4 is 5.32 Å². The lowest BCUT2D eigenvalue weighted by atomic mass is 10.1. The van der Waals surface area contributed by atoms with Gasteiger partial charge in [-0.3, -0.25) is 9.36 Å². The van der Waals surface area contributed by atoms with Gasteiger partial charge in [0.1, 0.15) is 0 Å². The molecule has 0 aliphatic rings. The molecule has 0 unspecified atom stereocenters. The van der Waals surface area contributed by atoms with E-state index in [1.807, 2.05) is 42.5 Å². The molecule has 0 fully saturated rings. The zero-order valence-corrected chi connectivity index (χ0v) is 19.4. The number of amides is 1. The number of nitrogens with zero attached hydrogens (tertiary/aromatic N) is 2. The Morgan fingerprint density at radius 2 is 1.73 bits per heavy atom. The molecule has 0 atom stereocenters. The number of aromatic nitrogens is 2. The van der Waals surface area contributed by atoms with Gasteiger partial charge in [-0.05, 0) is 42.5 Å². The Morgan fingerprint density at radius 3 is 2.42 bits per heavy atom. The first-order valence-electron chi connectivity index (χ1n) is 9.80. The second kappa shape index (κ2) is 9.84. The number of carbonyl (C=O) groups is 1. The molecule has 0 radical (unpaired) electrons. The Kier molecular flexibility index (Phi) is 6.90. The summed E-state index contributed by atoms with van der Waals surface area (Å²) in [6.45, 7) is 0. The number of imidazole rings is 1. The van der Waals surface area contributed by atoms with Crippen molar-refractivity contribution < 1.29 is 18.0 Å². The van der Waals surface area contributed by atoms with E-state index in [0.29, 0.717) is 22.2 Å². The van der Waals surface area contributed by atoms with Crippen LogP contribution in [0.4, 0.5) is 18.9 Å². The number of carbonyl (C=O) groups excluding carboxylic acids is 1. The molecule has 1 N–H and O–H groups in total. The van der Waals surface area contributed by atoms with Crippen molar-refractivity contribution in [1.82, 2.24) is 9.55 Å². The largest absolute Gasteiger partial charge is 0.416 e. The topological polar surface area (TPSA) is 46.9 Å². The van der Waals surface area contributed by atoms with Crippen LogP contribution in [-0.2, 0) is 11.0 Å². The maximum Gasteiger partial charge on any atom is 0.416 e. The summed E-state index contributed by atoms with van der Waals surface area (Å²) >= 11 is 4.54. The molecular weight excluding hydrogens is 515 g/mol. The summed E-state index contributed by atoms with van der Waals surface area (Å²) in [6, 6.07) is 21.5. The van der Waals surface area contributed by atoms with Gasteiger partial charge in [0, 0.05) is 21.4 Å². The molecule has 1 heterocycles. The molecule has 33 heavy (non-hydrogen) atoms. The SMILES string of the molecule is O=C(CSc1ncc(-c2ccc(Br)cc2)n1-c1cccc(C(F)(F)F)c1)Nc1ccccc1. The first-order valence-corrected chi connectivity index (χ1v) is 11.6. The van der Waals surface area contributed by atoms with Gasteiger partial charge in [-0.15, -0.1) is 0 Å². The molecule has 0 saturated heterocycles. The number of rotatable bonds is 6. The van der Waals surface area contributed by atoms with Crippen LogP contribution in [0.25, 0.3) is 16.9 Å². The number of alkyl halides is 3. The van der Waals surface area contributed by atoms with Gasteiger partial charge in [-0.2, -0.15) is 13.2 Å². The second-order valence-electron chi connectivity index (χ2n) is 7.02. The van der Waals surface area contributed by atoms with E-state index in [1.165, 1.54) is 6.07 Å². The van der Waals surface area contributed by atoms with E-state index in [2.05, 4.69) is 26.2 Å². The maximum atomic E-state index is 13.4. The molecule has 1 aromatic heterocycles. The number of benzene rings is 3. The minimum atomic E-state index is -4.47. The molecule has 3 aromatic carbocycles. The van der Waals surface area contributed by atoms with Gasteiger partial charge in [-0.25, -0.2) is 4.98 Å². The van der Waals surface area contributed by atoms with Crippen LogP contribution in [0, 0.1) is 0 Å². The molecule has 4 rings (SSSR count). The summed E-state index contributed by atoms with van der Waals surface area (Å²) in [5.41, 5.74) is 1.62. The Hall–Kier alpha value is -3.04. The summed E-state index contributed by atoms with van der Waals surface area (Å²) in [6.07, 6.45) is -2.88. The molecular formula is C24H17BrF3N3OS. The van der Waals surface area contributed by atoms with Crippen molar-refractivity contribution in [3.8, 4) is 16.9 Å². The summed E-state index contributed by atoms with van der Waals surface area (Å²) in [7, 11) is 0. The highest BCUT2D eigenvalue weighted by molar-refractivity contribution is 9.10. The number of hydrogen-bond donors (Lipinski definition) is 1. The zero-order valence-electron chi connectivity index (χ0n) is 17.0. The van der Waals surface area contributed by atoms with E-state index in [-0.39, 0.29) is 11.7 Å². The standard InChI is InChI=1S/C24H17BrF3N3OS/c25-18-11-9-16(10-12-18)21-14-29-23(33-15-22(32)30-19-6-2-1-3-7-19)31(21)20-8-4-5-17(13-20)24(26,27)28/h1-14H,15H2,(H,30,32). The van der Waals surface area contributed by atoms with Gasteiger partial charge < -0.3 is 5.32 Å². The highest BCUT2D eigenvalue weighted by Gasteiger charge is 2.31. The Bertz CT molecular complexity index is 1260. The average molecular weight is 532 g/mol. The summed E-state index contributed by atoms with van der Waals surface area (Å²) in [5.74, 6) is -0.194. The van der Waals surface area contributed by atoms with E-state index in [9.17, 15) is 18.0 Å². The molecule has 1 amide bonds. The fourth-order valence-electron chi connectivity index (χ4n) is 3.18. The molecule has 0 aliphatic heterocycles. The normalized spacial score (nSPS) is 11.4. The van der Waals surface area contributed by atoms with Crippen LogP contribution >= 0.6 is 27.7 Å². The minimum absolute atomic E-state index is 0.0463. The average Bonchev–Trinajstić information content (AvgIpc) is 3.22. The van der Waals surface area contributed by atoms with Crippen molar-refractivity contribution >= 4 is 39.3 Å². The van der Waals surface area contributed by atoms with Gasteiger partial charge in [0.05, 0.1) is 23.2 Å². The second-order valence-corrected chi connectivity index (χ2v) is 8.88. The first kappa shape index (κ1) is 23.1. The van der Waals surface area contributed by atoms with Gasteiger partial charge in [0.15, 0.2) is 5.16 Å². The molecule has 4 aromatic rings. The lowest BCUT2D eigenvalue weighted by Crippen LogP contribution is -2.14. The van der Waals surface area contributed by atoms with E-state index in [1.54, 1.807) is 29.0 Å². The smallest absolute Gasteiger partial charge is 0.325 e. The van der Waals surface area contributed by atoms with Gasteiger partial charge in [0.25, 0.3) is 0 Å². The summed E-state index contributed by atoms with van der Waals surface area (Å²) in [4.78, 5) is 16.8. The third kappa shape index (κ3) is 5.66. The summed E-state index contributed by atoms with van der Waals surface area (Å²) in [5, 5.41) is 3.21. The number of para-hydroxylation sites is 1. The van der Waals surface area contributed by atoms with E-state index >= 15 is 0 Å². The van der Waals surface area contributed by atoms with Gasteiger partial charge >= 0.3 is 6.18 Å². The van der Waals surface area contributed by atoms with Crippen LogP contribution in [0.2, 0.25) is 0 Å². The van der Waals surface area contributed by atoms with E-state index < -0.39 is 11.7 Å². The van der Waals surface area contributed by atoms with Crippen LogP contribution in [-0.4, -0.2) is 21.2 Å². The molecule has 0 saturated carbocycles. The van der Waals surface area contributed by atoms with Crippen molar-refractivity contribution in [3.05, 3.63) is 95.1 Å². The van der Waals surface area contributed by atoms with Crippen molar-refractivity contribution in [3.63, 3.8) is 0 Å². The minimum Gasteiger partial charge on any atom is -0.325 e. The fraction of sp³-hybridized carbons (Fsp3) is 0.0833. The molecule has 0 spiro atoms. The van der Waals surface area contributed by atoms with E-state index in [0.717, 1.165) is 33.9 Å². The predicted octanol–water partition coefficient (Wildman–Crippen LogP) is 7.05. The zero-order chi connectivity index (χ0) is 23.4. The van der Waals surface area contributed by atoms with Gasteiger partial charge in [-0.1, -0.05) is 64.1 Å². The Morgan fingerprint density at radius 1 is 1.00 bits per heavy atom. The first-order chi connectivity index (χ1) is 15.8. The number of anilines is 1. The molecule has 0 aliphatic carbocycles. The molecule has 9 heteroatoms. The van der Waals surface area contributed by atoms with Crippen molar-refractivity contribution in [2.24, 2.45) is 0 Å². The van der Waals surface area contributed by atoms with Crippen molar-refractivity contribution in [2.75, 3.05) is 11.1 Å². The lowest BCUT2D eigenvalue weighted by molar-refractivity contribution is -0.137. The number of hydrogen-bond acceptors (Lipinski definition) is 3. The monoisotopic (exact) mass is 531 g/mol. The number of thioether (sulfide) groups is 1. The molecule has 4 nitrogen and oxygen atoms in total. The third-order valence-electron chi connectivity index (χ3n) is 4.69. The molecule has 0 bridgehead atoms. The maximum absolute atomic E-state index is 13.4. The van der Waals surface area contributed by atoms with Crippen LogP contribution in [0.1, 0.15) is 5.56 Å². The lowest BCUT2D eigenvalue weighted by Gasteiger charge is -2.14. The van der Waals surface area contributed by atoms with Crippen LogP contribution in [0.3, 0.4) is 0 Å².